The molecule has 0 spiro atoms. The van der Waals surface area contributed by atoms with E-state index in [2.05, 4.69) is 38.1 Å². The van der Waals surface area contributed by atoms with Gasteiger partial charge in [0, 0.05) is 5.56 Å². The lowest BCUT2D eigenvalue weighted by molar-refractivity contribution is -0.00522. The van der Waals surface area contributed by atoms with Crippen molar-refractivity contribution in [1.82, 2.24) is 0 Å². The molecule has 1 aromatic carbocycles. The lowest BCUT2D eigenvalue weighted by atomic mass is 9.64. The number of ether oxygens (including phenoxy) is 1. The van der Waals surface area contributed by atoms with Gasteiger partial charge in [-0.25, -0.2) is 0 Å². The topological polar surface area (TPSA) is 9.23 Å². The Labute approximate surface area is 91.5 Å². The molecule has 1 saturated carbocycles. The summed E-state index contributed by atoms with van der Waals surface area (Å²) in [6, 6.07) is 8.56. The first-order valence-corrected chi connectivity index (χ1v) is 5.90. The molecule has 1 aliphatic heterocycles. The summed E-state index contributed by atoms with van der Waals surface area (Å²) in [5, 5.41) is 0. The summed E-state index contributed by atoms with van der Waals surface area (Å²) in [6.45, 7) is 4.66. The average molecular weight is 202 g/mol. The van der Waals surface area contributed by atoms with Gasteiger partial charge in [-0.15, -0.1) is 0 Å². The number of hydrogen-bond acceptors (Lipinski definition) is 1. The summed E-state index contributed by atoms with van der Waals surface area (Å²) in [7, 11) is 0. The Balaban J connectivity index is 2.16. The third-order valence-electron chi connectivity index (χ3n) is 4.09. The fourth-order valence-corrected chi connectivity index (χ4v) is 3.49. The predicted molar refractivity (Wildman–Crippen MR) is 61.3 cm³/mol. The molecule has 15 heavy (non-hydrogen) atoms. The minimum atomic E-state index is 0.0847. The minimum absolute atomic E-state index is 0.0847. The van der Waals surface area contributed by atoms with Crippen LogP contribution < -0.4 is 4.74 Å². The van der Waals surface area contributed by atoms with Gasteiger partial charge < -0.3 is 4.74 Å². The molecule has 0 radical (unpaired) electrons. The summed E-state index contributed by atoms with van der Waals surface area (Å²) in [6.07, 6.45) is 4.98. The zero-order valence-corrected chi connectivity index (χ0v) is 9.55. The summed E-state index contributed by atoms with van der Waals surface area (Å²) in [5.74, 6) is 1.12. The fraction of sp³-hybridized carbons (Fsp3) is 0.571. The Morgan fingerprint density at radius 2 is 1.93 bits per heavy atom. The first-order chi connectivity index (χ1) is 7.11. The van der Waals surface area contributed by atoms with E-state index in [9.17, 15) is 0 Å². The van der Waals surface area contributed by atoms with Gasteiger partial charge in [0.2, 0.25) is 0 Å². The van der Waals surface area contributed by atoms with Crippen LogP contribution >= 0.6 is 0 Å². The van der Waals surface area contributed by atoms with Crippen molar-refractivity contribution >= 4 is 0 Å². The molecule has 2 bridgehead atoms. The molecule has 1 aromatic rings. The Bertz CT molecular complexity index is 398. The molecule has 0 amide bonds. The smallest absolute Gasteiger partial charge is 0.123 e. The molecule has 3 rings (SSSR count). The van der Waals surface area contributed by atoms with Gasteiger partial charge in [0.05, 0.1) is 0 Å². The molecular weight excluding hydrogens is 184 g/mol. The zero-order chi connectivity index (χ0) is 10.5. The van der Waals surface area contributed by atoms with Crippen LogP contribution in [0, 0.1) is 0 Å². The Kier molecular flexibility index (Phi) is 1.72. The predicted octanol–water partition coefficient (Wildman–Crippen LogP) is 3.67. The quantitative estimate of drug-likeness (QED) is 0.623. The largest absolute Gasteiger partial charge is 0.487 e. The highest BCUT2D eigenvalue weighted by Crippen LogP contribution is 2.52. The number of hydrogen-bond donors (Lipinski definition) is 0. The lowest BCUT2D eigenvalue weighted by Crippen LogP contribution is -2.48. The first-order valence-electron chi connectivity index (χ1n) is 5.90. The second-order valence-electron chi connectivity index (χ2n) is 5.64. The van der Waals surface area contributed by atoms with Gasteiger partial charge in [-0.2, -0.15) is 0 Å². The van der Waals surface area contributed by atoms with Crippen molar-refractivity contribution in [2.45, 2.75) is 50.5 Å². The van der Waals surface area contributed by atoms with E-state index in [4.69, 9.17) is 4.74 Å². The van der Waals surface area contributed by atoms with Gasteiger partial charge in [-0.3, -0.25) is 0 Å². The maximum absolute atomic E-state index is 6.16. The molecule has 1 heterocycles. The summed E-state index contributed by atoms with van der Waals surface area (Å²) in [5.41, 5.74) is 1.85. The van der Waals surface area contributed by atoms with E-state index in [1.807, 2.05) is 0 Å². The monoisotopic (exact) mass is 202 g/mol. The van der Waals surface area contributed by atoms with Crippen LogP contribution in [0.25, 0.3) is 0 Å². The third-order valence-corrected chi connectivity index (χ3v) is 4.09. The van der Waals surface area contributed by atoms with Crippen LogP contribution in [-0.2, 0) is 5.41 Å². The molecule has 1 heteroatoms. The number of fused-ring (bicyclic) bond motifs is 4. The second kappa shape index (κ2) is 2.78. The van der Waals surface area contributed by atoms with E-state index < -0.39 is 0 Å². The number of rotatable bonds is 0. The fourth-order valence-electron chi connectivity index (χ4n) is 3.49. The van der Waals surface area contributed by atoms with Crippen LogP contribution in [0.1, 0.15) is 45.1 Å². The van der Waals surface area contributed by atoms with E-state index >= 15 is 0 Å². The van der Waals surface area contributed by atoms with Gasteiger partial charge in [0.1, 0.15) is 11.4 Å². The Hall–Kier alpha value is -0.980. The van der Waals surface area contributed by atoms with Crippen molar-refractivity contribution in [3.05, 3.63) is 29.8 Å². The van der Waals surface area contributed by atoms with E-state index in [0.717, 1.165) is 5.75 Å². The summed E-state index contributed by atoms with van der Waals surface area (Å²) < 4.78 is 6.16. The highest BCUT2D eigenvalue weighted by atomic mass is 16.5. The number of benzene rings is 1. The molecule has 80 valence electrons. The maximum atomic E-state index is 6.16. The van der Waals surface area contributed by atoms with Crippen LogP contribution in [-0.4, -0.2) is 5.60 Å². The van der Waals surface area contributed by atoms with Gasteiger partial charge in [0.25, 0.3) is 0 Å². The van der Waals surface area contributed by atoms with Crippen molar-refractivity contribution in [2.24, 2.45) is 0 Å². The van der Waals surface area contributed by atoms with E-state index in [1.54, 1.807) is 0 Å². The van der Waals surface area contributed by atoms with Crippen molar-refractivity contribution < 1.29 is 4.74 Å². The molecular formula is C14H18O. The van der Waals surface area contributed by atoms with Crippen LogP contribution in [0.5, 0.6) is 5.75 Å². The molecule has 1 fully saturated rings. The van der Waals surface area contributed by atoms with Gasteiger partial charge in [-0.05, 0) is 44.1 Å². The van der Waals surface area contributed by atoms with Gasteiger partial charge >= 0.3 is 0 Å². The minimum Gasteiger partial charge on any atom is -0.487 e. The molecule has 2 atom stereocenters. The summed E-state index contributed by atoms with van der Waals surface area (Å²) >= 11 is 0. The third kappa shape index (κ3) is 1.29. The van der Waals surface area contributed by atoms with Crippen LogP contribution in [0.3, 0.4) is 0 Å². The molecule has 2 aliphatic rings. The molecule has 1 aliphatic carbocycles. The maximum Gasteiger partial charge on any atom is 0.123 e. The normalized spacial score (nSPS) is 38.0. The van der Waals surface area contributed by atoms with Crippen LogP contribution in [0.2, 0.25) is 0 Å². The SMILES string of the molecule is C[C@@]12CCC[C@@](C)(C1)c1ccccc1O2. The average Bonchev–Trinajstić information content (AvgIpc) is 2.16. The highest BCUT2D eigenvalue weighted by Gasteiger charge is 2.46. The van der Waals surface area contributed by atoms with Crippen LogP contribution in [0.15, 0.2) is 24.3 Å². The summed E-state index contributed by atoms with van der Waals surface area (Å²) in [4.78, 5) is 0. The standard InChI is InChI=1S/C14H18O/c1-13-8-5-9-14(2,10-13)15-12-7-4-3-6-11(12)13/h3-4,6-7H,5,8-10H2,1-2H3/t13-,14+/m0/s1. The molecule has 1 nitrogen and oxygen atoms in total. The Morgan fingerprint density at radius 3 is 2.80 bits per heavy atom. The Morgan fingerprint density at radius 1 is 1.13 bits per heavy atom. The zero-order valence-electron chi connectivity index (χ0n) is 9.55. The number of para-hydroxylation sites is 1. The molecule has 0 N–H and O–H groups in total. The van der Waals surface area contributed by atoms with Crippen molar-refractivity contribution in [3.63, 3.8) is 0 Å². The van der Waals surface area contributed by atoms with Gasteiger partial charge in [0.15, 0.2) is 0 Å². The van der Waals surface area contributed by atoms with E-state index in [1.165, 1.54) is 31.2 Å². The van der Waals surface area contributed by atoms with Gasteiger partial charge in [-0.1, -0.05) is 25.1 Å². The molecule has 0 aromatic heterocycles. The molecule has 0 saturated heterocycles. The van der Waals surface area contributed by atoms with E-state index in [-0.39, 0.29) is 5.60 Å². The van der Waals surface area contributed by atoms with Crippen molar-refractivity contribution in [1.29, 1.82) is 0 Å². The van der Waals surface area contributed by atoms with Crippen molar-refractivity contribution in [2.75, 3.05) is 0 Å². The van der Waals surface area contributed by atoms with Crippen molar-refractivity contribution in [3.8, 4) is 5.75 Å². The molecule has 0 unspecified atom stereocenters. The van der Waals surface area contributed by atoms with E-state index in [0.29, 0.717) is 5.41 Å². The first kappa shape index (κ1) is 9.26. The lowest BCUT2D eigenvalue weighted by Gasteiger charge is -2.49. The van der Waals surface area contributed by atoms with Crippen LogP contribution in [0.4, 0.5) is 0 Å². The second-order valence-corrected chi connectivity index (χ2v) is 5.64. The highest BCUT2D eigenvalue weighted by molar-refractivity contribution is 5.42.